The van der Waals surface area contributed by atoms with E-state index in [-0.39, 0.29) is 18.6 Å². The number of nitrogens with one attached hydrogen (secondary N) is 1. The summed E-state index contributed by atoms with van der Waals surface area (Å²) in [5.74, 6) is 0.874. The van der Waals surface area contributed by atoms with Crippen LogP contribution in [0.25, 0.3) is 0 Å². The van der Waals surface area contributed by atoms with Crippen LogP contribution >= 0.6 is 11.8 Å². The van der Waals surface area contributed by atoms with Gasteiger partial charge in [0.15, 0.2) is 0 Å². The van der Waals surface area contributed by atoms with Crippen LogP contribution in [0.3, 0.4) is 0 Å². The van der Waals surface area contributed by atoms with Crippen molar-refractivity contribution in [2.45, 2.75) is 25.8 Å². The molecule has 0 bridgehead atoms. The summed E-state index contributed by atoms with van der Waals surface area (Å²) >= 11 is 1.65. The van der Waals surface area contributed by atoms with Crippen molar-refractivity contribution in [1.82, 2.24) is 5.32 Å². The maximum Gasteiger partial charge on any atom is 0.221 e. The molecule has 0 spiro atoms. The van der Waals surface area contributed by atoms with E-state index in [4.69, 9.17) is 5.11 Å². The van der Waals surface area contributed by atoms with Crippen LogP contribution in [0.5, 0.6) is 0 Å². The normalized spacial score (nSPS) is 12.6. The molecule has 0 fully saturated rings. The van der Waals surface area contributed by atoms with E-state index in [0.717, 1.165) is 12.2 Å². The molecule has 0 aliphatic carbocycles. The molecule has 0 radical (unpaired) electrons. The van der Waals surface area contributed by atoms with Gasteiger partial charge in [-0.15, -0.1) is 0 Å². The van der Waals surface area contributed by atoms with Crippen molar-refractivity contribution < 1.29 is 9.90 Å². The third-order valence-corrected chi connectivity index (χ3v) is 2.22. The van der Waals surface area contributed by atoms with Gasteiger partial charge in [0.2, 0.25) is 5.91 Å². The Bertz CT molecular complexity index is 126. The Morgan fingerprint density at radius 2 is 2.33 bits per heavy atom. The maximum atomic E-state index is 11.1. The fraction of sp³-hybridized carbons (Fsp3) is 0.875. The lowest BCUT2D eigenvalue weighted by Gasteiger charge is -2.13. The molecule has 1 amide bonds. The van der Waals surface area contributed by atoms with Crippen LogP contribution in [0.4, 0.5) is 0 Å². The predicted octanol–water partition coefficient (Wildman–Crippen LogP) is 0.627. The summed E-state index contributed by atoms with van der Waals surface area (Å²) in [6, 6.07) is -0.0700. The fourth-order valence-electron chi connectivity index (χ4n) is 0.771. The zero-order valence-electron chi connectivity index (χ0n) is 7.67. The van der Waals surface area contributed by atoms with Crippen molar-refractivity contribution in [1.29, 1.82) is 0 Å². The summed E-state index contributed by atoms with van der Waals surface area (Å²) in [7, 11) is 0. The van der Waals surface area contributed by atoms with Crippen LogP contribution < -0.4 is 5.32 Å². The van der Waals surface area contributed by atoms with E-state index in [1.54, 1.807) is 11.8 Å². The SMILES string of the molecule is CCC(CO)NC(=O)CCSC. The summed E-state index contributed by atoms with van der Waals surface area (Å²) in [5, 5.41) is 11.5. The van der Waals surface area contributed by atoms with Crippen molar-refractivity contribution in [3.8, 4) is 0 Å². The van der Waals surface area contributed by atoms with Gasteiger partial charge in [0, 0.05) is 12.2 Å². The van der Waals surface area contributed by atoms with Gasteiger partial charge < -0.3 is 10.4 Å². The molecular weight excluding hydrogens is 174 g/mol. The van der Waals surface area contributed by atoms with Gasteiger partial charge in [-0.3, -0.25) is 4.79 Å². The van der Waals surface area contributed by atoms with Crippen molar-refractivity contribution in [3.63, 3.8) is 0 Å². The number of thioether (sulfide) groups is 1. The molecule has 0 saturated carbocycles. The predicted molar refractivity (Wildman–Crippen MR) is 52.3 cm³/mol. The molecule has 72 valence electrons. The highest BCUT2D eigenvalue weighted by molar-refractivity contribution is 7.98. The Kier molecular flexibility index (Phi) is 7.29. The number of aliphatic hydroxyl groups excluding tert-OH is 1. The number of hydrogen-bond acceptors (Lipinski definition) is 3. The average Bonchev–Trinajstić information content (AvgIpc) is 2.10. The maximum absolute atomic E-state index is 11.1. The van der Waals surface area contributed by atoms with E-state index in [9.17, 15) is 4.79 Å². The van der Waals surface area contributed by atoms with E-state index < -0.39 is 0 Å². The molecular formula is C8H17NO2S. The first-order valence-electron chi connectivity index (χ1n) is 4.13. The standard InChI is InChI=1S/C8H17NO2S/c1-3-7(6-10)9-8(11)4-5-12-2/h7,10H,3-6H2,1-2H3,(H,9,11). The van der Waals surface area contributed by atoms with Gasteiger partial charge in [0.25, 0.3) is 0 Å². The van der Waals surface area contributed by atoms with Crippen LogP contribution in [0.15, 0.2) is 0 Å². The largest absolute Gasteiger partial charge is 0.394 e. The molecule has 1 unspecified atom stereocenters. The molecule has 4 heteroatoms. The lowest BCUT2D eigenvalue weighted by Crippen LogP contribution is -2.37. The van der Waals surface area contributed by atoms with Crippen molar-refractivity contribution in [2.24, 2.45) is 0 Å². The van der Waals surface area contributed by atoms with Gasteiger partial charge in [-0.05, 0) is 12.7 Å². The highest BCUT2D eigenvalue weighted by atomic mass is 32.2. The van der Waals surface area contributed by atoms with Crippen molar-refractivity contribution in [3.05, 3.63) is 0 Å². The lowest BCUT2D eigenvalue weighted by molar-refractivity contribution is -0.121. The zero-order valence-corrected chi connectivity index (χ0v) is 8.49. The zero-order chi connectivity index (χ0) is 9.40. The van der Waals surface area contributed by atoms with E-state index in [1.807, 2.05) is 13.2 Å². The second kappa shape index (κ2) is 7.43. The molecule has 0 rings (SSSR count). The molecule has 2 N–H and O–H groups in total. The Hall–Kier alpha value is -0.220. The van der Waals surface area contributed by atoms with Gasteiger partial charge in [0.1, 0.15) is 0 Å². The highest BCUT2D eigenvalue weighted by Crippen LogP contribution is 1.96. The average molecular weight is 191 g/mol. The molecule has 3 nitrogen and oxygen atoms in total. The number of carbonyl (C=O) groups is 1. The monoisotopic (exact) mass is 191 g/mol. The third-order valence-electron chi connectivity index (χ3n) is 1.61. The summed E-state index contributed by atoms with van der Waals surface area (Å²) in [6.07, 6.45) is 3.29. The molecule has 0 heterocycles. The smallest absolute Gasteiger partial charge is 0.221 e. The van der Waals surface area contributed by atoms with Crippen LogP contribution in [0.1, 0.15) is 19.8 Å². The molecule has 0 aliphatic rings. The fourth-order valence-corrected chi connectivity index (χ4v) is 1.16. The Labute approximate surface area is 77.9 Å². The van der Waals surface area contributed by atoms with Crippen LogP contribution in [-0.4, -0.2) is 35.7 Å². The first-order valence-corrected chi connectivity index (χ1v) is 5.53. The van der Waals surface area contributed by atoms with Crippen LogP contribution in [0.2, 0.25) is 0 Å². The second-order valence-electron chi connectivity index (χ2n) is 2.60. The topological polar surface area (TPSA) is 49.3 Å². The first-order chi connectivity index (χ1) is 5.74. The number of rotatable bonds is 6. The van der Waals surface area contributed by atoms with Gasteiger partial charge in [0.05, 0.1) is 12.6 Å². The summed E-state index contributed by atoms with van der Waals surface area (Å²) in [5.41, 5.74) is 0. The summed E-state index contributed by atoms with van der Waals surface area (Å²) in [6.45, 7) is 1.97. The quantitative estimate of drug-likeness (QED) is 0.647. The number of carbonyl (C=O) groups excluding carboxylic acids is 1. The van der Waals surface area contributed by atoms with Crippen LogP contribution in [-0.2, 0) is 4.79 Å². The Morgan fingerprint density at radius 1 is 1.67 bits per heavy atom. The molecule has 0 aromatic rings. The van der Waals surface area contributed by atoms with E-state index >= 15 is 0 Å². The van der Waals surface area contributed by atoms with Crippen molar-refractivity contribution >= 4 is 17.7 Å². The van der Waals surface area contributed by atoms with E-state index in [0.29, 0.717) is 6.42 Å². The number of amides is 1. The Morgan fingerprint density at radius 3 is 2.75 bits per heavy atom. The van der Waals surface area contributed by atoms with Gasteiger partial charge >= 0.3 is 0 Å². The third kappa shape index (κ3) is 5.43. The molecule has 0 aliphatic heterocycles. The highest BCUT2D eigenvalue weighted by Gasteiger charge is 2.07. The minimum atomic E-state index is -0.0700. The summed E-state index contributed by atoms with van der Waals surface area (Å²) < 4.78 is 0. The summed E-state index contributed by atoms with van der Waals surface area (Å²) in [4.78, 5) is 11.1. The minimum Gasteiger partial charge on any atom is -0.394 e. The lowest BCUT2D eigenvalue weighted by atomic mass is 10.2. The van der Waals surface area contributed by atoms with Crippen molar-refractivity contribution in [2.75, 3.05) is 18.6 Å². The second-order valence-corrected chi connectivity index (χ2v) is 3.58. The van der Waals surface area contributed by atoms with Gasteiger partial charge in [-0.1, -0.05) is 6.92 Å². The molecule has 12 heavy (non-hydrogen) atoms. The van der Waals surface area contributed by atoms with Gasteiger partial charge in [-0.25, -0.2) is 0 Å². The molecule has 0 aromatic heterocycles. The van der Waals surface area contributed by atoms with E-state index in [1.165, 1.54) is 0 Å². The number of aliphatic hydroxyl groups is 1. The molecule has 0 saturated heterocycles. The van der Waals surface area contributed by atoms with Gasteiger partial charge in [-0.2, -0.15) is 11.8 Å². The first kappa shape index (κ1) is 11.8. The van der Waals surface area contributed by atoms with E-state index in [2.05, 4.69) is 5.32 Å². The molecule has 1 atom stereocenters. The Balaban J connectivity index is 3.52. The van der Waals surface area contributed by atoms with Crippen LogP contribution in [0, 0.1) is 0 Å². The minimum absolute atomic E-state index is 0.0293. The molecule has 0 aromatic carbocycles. The number of hydrogen-bond donors (Lipinski definition) is 2.